The molecule has 32 heavy (non-hydrogen) atoms. The third-order valence-corrected chi connectivity index (χ3v) is 5.43. The van der Waals surface area contributed by atoms with E-state index in [1.807, 2.05) is 48.5 Å². The summed E-state index contributed by atoms with van der Waals surface area (Å²) in [4.78, 5) is 35.9. The molecule has 3 rings (SSSR count). The summed E-state index contributed by atoms with van der Waals surface area (Å²) in [6.07, 6.45) is -0.859. The molecule has 1 aliphatic rings. The minimum atomic E-state index is -1.25. The number of nitrogens with one attached hydrogen (secondary N) is 2. The zero-order valence-electron chi connectivity index (χ0n) is 17.9. The number of aliphatic carboxylic acids is 1. The smallest absolute Gasteiger partial charge is 0.407 e. The highest BCUT2D eigenvalue weighted by Gasteiger charge is 2.30. The molecule has 8 nitrogen and oxygen atoms in total. The molecule has 8 heteroatoms. The van der Waals surface area contributed by atoms with Crippen molar-refractivity contribution in [3.63, 3.8) is 0 Å². The highest BCUT2D eigenvalue weighted by atomic mass is 16.5. The van der Waals surface area contributed by atoms with Gasteiger partial charge in [-0.15, -0.1) is 0 Å². The average Bonchev–Trinajstić information content (AvgIpc) is 3.08. The lowest BCUT2D eigenvalue weighted by atomic mass is 9.98. The van der Waals surface area contributed by atoms with Gasteiger partial charge in [0.2, 0.25) is 5.91 Å². The van der Waals surface area contributed by atoms with Crippen LogP contribution in [0.2, 0.25) is 0 Å². The summed E-state index contributed by atoms with van der Waals surface area (Å²) < 4.78 is 5.40. The molecule has 0 saturated heterocycles. The van der Waals surface area contributed by atoms with E-state index in [0.717, 1.165) is 22.3 Å². The van der Waals surface area contributed by atoms with Gasteiger partial charge in [-0.1, -0.05) is 48.5 Å². The molecule has 0 aliphatic heterocycles. The van der Waals surface area contributed by atoms with E-state index in [1.54, 1.807) is 6.92 Å². The Kier molecular flexibility index (Phi) is 7.83. The van der Waals surface area contributed by atoms with Gasteiger partial charge in [0.15, 0.2) is 0 Å². The van der Waals surface area contributed by atoms with Gasteiger partial charge in [0.1, 0.15) is 12.6 Å². The van der Waals surface area contributed by atoms with Crippen LogP contribution in [0.25, 0.3) is 11.1 Å². The van der Waals surface area contributed by atoms with Gasteiger partial charge in [-0.05, 0) is 42.0 Å². The van der Waals surface area contributed by atoms with Gasteiger partial charge >= 0.3 is 12.1 Å². The molecular formula is C24H28N2O6. The molecule has 4 N–H and O–H groups in total. The van der Waals surface area contributed by atoms with Crippen LogP contribution in [0.5, 0.6) is 0 Å². The van der Waals surface area contributed by atoms with Crippen LogP contribution in [0.15, 0.2) is 48.5 Å². The van der Waals surface area contributed by atoms with E-state index in [2.05, 4.69) is 10.6 Å². The lowest BCUT2D eigenvalue weighted by Gasteiger charge is -2.19. The Labute approximate surface area is 186 Å². The lowest BCUT2D eigenvalue weighted by Crippen LogP contribution is -2.48. The van der Waals surface area contributed by atoms with Gasteiger partial charge < -0.3 is 25.6 Å². The van der Waals surface area contributed by atoms with E-state index in [9.17, 15) is 19.5 Å². The van der Waals surface area contributed by atoms with Crippen molar-refractivity contribution in [1.29, 1.82) is 0 Å². The molecule has 0 heterocycles. The molecule has 0 radical (unpaired) electrons. The number of fused-ring (bicyclic) bond motifs is 3. The van der Waals surface area contributed by atoms with Crippen molar-refractivity contribution < 1.29 is 29.3 Å². The molecular weight excluding hydrogens is 412 g/mol. The molecule has 0 spiro atoms. The van der Waals surface area contributed by atoms with Crippen molar-refractivity contribution in [2.45, 2.75) is 44.2 Å². The number of aliphatic hydroxyl groups excluding tert-OH is 1. The number of rotatable bonds is 10. The standard InChI is InChI=1S/C24H28N2O6/c1-15(27)7-6-12-25-23(30)21(13-22(28)29)26-24(31)32-14-20-18-10-4-2-8-16(18)17-9-3-5-11-19(17)20/h2-5,8-11,15,20-21,27H,6-7,12-14H2,1H3,(H,25,30)(H,26,31)(H,28,29). The first-order chi connectivity index (χ1) is 15.4. The third-order valence-electron chi connectivity index (χ3n) is 5.43. The van der Waals surface area contributed by atoms with Gasteiger partial charge in [-0.2, -0.15) is 0 Å². The Balaban J connectivity index is 1.59. The molecule has 0 bridgehead atoms. The number of hydrogen-bond acceptors (Lipinski definition) is 5. The monoisotopic (exact) mass is 440 g/mol. The van der Waals surface area contributed by atoms with Crippen molar-refractivity contribution >= 4 is 18.0 Å². The molecule has 2 unspecified atom stereocenters. The molecule has 2 atom stereocenters. The number of carbonyl (C=O) groups excluding carboxylic acids is 2. The van der Waals surface area contributed by atoms with Crippen molar-refractivity contribution in [3.05, 3.63) is 59.7 Å². The van der Waals surface area contributed by atoms with Crippen LogP contribution in [0.1, 0.15) is 43.2 Å². The fourth-order valence-electron chi connectivity index (χ4n) is 3.90. The summed E-state index contributed by atoms with van der Waals surface area (Å²) in [5, 5.41) is 23.3. The second-order valence-electron chi connectivity index (χ2n) is 7.90. The minimum Gasteiger partial charge on any atom is -0.481 e. The maximum absolute atomic E-state index is 12.4. The summed E-state index contributed by atoms with van der Waals surface area (Å²) in [6, 6.07) is 14.6. The predicted octanol–water partition coefficient (Wildman–Crippen LogP) is 2.65. The molecule has 1 aliphatic carbocycles. The van der Waals surface area contributed by atoms with Crippen LogP contribution in [-0.4, -0.2) is 53.5 Å². The van der Waals surface area contributed by atoms with Crippen LogP contribution in [0, 0.1) is 0 Å². The summed E-state index contributed by atoms with van der Waals surface area (Å²) in [7, 11) is 0. The van der Waals surface area contributed by atoms with Gasteiger partial charge in [-0.3, -0.25) is 9.59 Å². The van der Waals surface area contributed by atoms with Gasteiger partial charge in [0.05, 0.1) is 12.5 Å². The summed E-state index contributed by atoms with van der Waals surface area (Å²) >= 11 is 0. The number of aliphatic hydroxyl groups is 1. The highest BCUT2D eigenvalue weighted by molar-refractivity contribution is 5.89. The molecule has 0 saturated carbocycles. The Morgan fingerprint density at radius 2 is 1.62 bits per heavy atom. The van der Waals surface area contributed by atoms with Gasteiger partial charge in [0, 0.05) is 12.5 Å². The molecule has 2 aromatic rings. The Morgan fingerprint density at radius 3 is 2.19 bits per heavy atom. The first-order valence-corrected chi connectivity index (χ1v) is 10.7. The number of ether oxygens (including phenoxy) is 1. The number of carboxylic acids is 1. The number of hydrogen-bond donors (Lipinski definition) is 4. The number of alkyl carbamates (subject to hydrolysis) is 1. The Hall–Kier alpha value is -3.39. The van der Waals surface area contributed by atoms with E-state index in [4.69, 9.17) is 9.84 Å². The van der Waals surface area contributed by atoms with E-state index in [0.29, 0.717) is 12.8 Å². The van der Waals surface area contributed by atoms with Crippen LogP contribution in [-0.2, 0) is 14.3 Å². The summed E-state index contributed by atoms with van der Waals surface area (Å²) in [5.41, 5.74) is 4.30. The molecule has 2 amide bonds. The molecule has 170 valence electrons. The van der Waals surface area contributed by atoms with Crippen molar-refractivity contribution in [2.75, 3.05) is 13.2 Å². The summed E-state index contributed by atoms with van der Waals surface area (Å²) in [6.45, 7) is 1.98. The van der Waals surface area contributed by atoms with E-state index in [1.165, 1.54) is 0 Å². The fourth-order valence-corrected chi connectivity index (χ4v) is 3.90. The van der Waals surface area contributed by atoms with Crippen molar-refractivity contribution in [3.8, 4) is 11.1 Å². The van der Waals surface area contributed by atoms with Crippen LogP contribution in [0.3, 0.4) is 0 Å². The first-order valence-electron chi connectivity index (χ1n) is 10.7. The first kappa shape index (κ1) is 23.3. The van der Waals surface area contributed by atoms with E-state index >= 15 is 0 Å². The van der Waals surface area contributed by atoms with E-state index in [-0.39, 0.29) is 19.1 Å². The number of benzene rings is 2. The third kappa shape index (κ3) is 5.85. The van der Waals surface area contributed by atoms with E-state index < -0.39 is 36.5 Å². The van der Waals surface area contributed by atoms with Gasteiger partial charge in [-0.25, -0.2) is 4.79 Å². The largest absolute Gasteiger partial charge is 0.481 e. The zero-order chi connectivity index (χ0) is 23.1. The fraction of sp³-hybridized carbons (Fsp3) is 0.375. The maximum atomic E-state index is 12.4. The highest BCUT2D eigenvalue weighted by Crippen LogP contribution is 2.44. The lowest BCUT2D eigenvalue weighted by molar-refractivity contribution is -0.139. The molecule has 0 fully saturated rings. The number of amides is 2. The molecule has 2 aromatic carbocycles. The van der Waals surface area contributed by atoms with Gasteiger partial charge in [0.25, 0.3) is 0 Å². The molecule has 0 aromatic heterocycles. The zero-order valence-corrected chi connectivity index (χ0v) is 17.9. The van der Waals surface area contributed by atoms with Crippen LogP contribution < -0.4 is 10.6 Å². The van der Waals surface area contributed by atoms with Crippen LogP contribution >= 0.6 is 0 Å². The SMILES string of the molecule is CC(O)CCCNC(=O)C(CC(=O)O)NC(=O)OCC1c2ccccc2-c2ccccc21. The number of carbonyl (C=O) groups is 3. The average molecular weight is 440 g/mol. The topological polar surface area (TPSA) is 125 Å². The minimum absolute atomic E-state index is 0.0651. The summed E-state index contributed by atoms with van der Waals surface area (Å²) in [5.74, 6) is -1.96. The number of carboxylic acid groups (broad SMARTS) is 1. The Bertz CT molecular complexity index is 929. The normalized spacial score (nSPS) is 14.1. The second-order valence-corrected chi connectivity index (χ2v) is 7.90. The maximum Gasteiger partial charge on any atom is 0.407 e. The van der Waals surface area contributed by atoms with Crippen molar-refractivity contribution in [1.82, 2.24) is 10.6 Å². The predicted molar refractivity (Wildman–Crippen MR) is 118 cm³/mol. The Morgan fingerprint density at radius 1 is 1.03 bits per heavy atom. The second kappa shape index (κ2) is 10.8. The quantitative estimate of drug-likeness (QED) is 0.421. The van der Waals surface area contributed by atoms with Crippen molar-refractivity contribution in [2.24, 2.45) is 0 Å². The van der Waals surface area contributed by atoms with Crippen LogP contribution in [0.4, 0.5) is 4.79 Å².